The molecule has 4 aliphatic rings. The van der Waals surface area contributed by atoms with Crippen LogP contribution in [-0.4, -0.2) is 60.1 Å². The lowest BCUT2D eigenvalue weighted by Gasteiger charge is -2.63. The molecule has 33 heavy (non-hydrogen) atoms. The van der Waals surface area contributed by atoms with Crippen LogP contribution in [0.25, 0.3) is 0 Å². The molecule has 0 aromatic heterocycles. The van der Waals surface area contributed by atoms with Crippen molar-refractivity contribution in [2.45, 2.75) is 104 Å². The monoisotopic (exact) mass is 458 g/mol. The molecule has 0 heterocycles. The molecule has 4 rings (SSSR count). The van der Waals surface area contributed by atoms with Gasteiger partial charge in [-0.05, 0) is 121 Å². The summed E-state index contributed by atoms with van der Waals surface area (Å²) < 4.78 is 0. The van der Waals surface area contributed by atoms with E-state index >= 15 is 0 Å². The zero-order valence-electron chi connectivity index (χ0n) is 22.6. The van der Waals surface area contributed by atoms with Gasteiger partial charge < -0.3 is 14.9 Å². The number of likely N-dealkylation sites (N-methyl/N-ethyl adjacent to an activating group) is 1. The van der Waals surface area contributed by atoms with Crippen molar-refractivity contribution in [2.24, 2.45) is 40.4 Å². The lowest BCUT2D eigenvalue weighted by atomic mass is 9.43. The van der Waals surface area contributed by atoms with Crippen LogP contribution in [-0.2, 0) is 4.79 Å². The molecule has 188 valence electrons. The molecule has 4 nitrogen and oxygen atoms in total. The Morgan fingerprint density at radius 3 is 2.33 bits per heavy atom. The van der Waals surface area contributed by atoms with Gasteiger partial charge in [-0.2, -0.15) is 0 Å². The van der Waals surface area contributed by atoms with E-state index in [1.54, 1.807) is 6.08 Å². The Morgan fingerprint density at radius 1 is 1.00 bits per heavy atom. The first-order valence-corrected chi connectivity index (χ1v) is 13.7. The highest BCUT2D eigenvalue weighted by molar-refractivity contribution is 5.88. The number of allylic oxidation sites excluding steroid dienone is 1. The SMILES string of the molecule is CC(C)=CC(=O)N(C)[C@@H]1CC[C@@]2(C)C(CC[C@H]3[C@@H]4CC[C@H]([C@H](C)N(C)C)[C@@]4(C)[C@H](O)C[C@@H]32)C1. The molecule has 1 amide bonds. The molecule has 0 aromatic rings. The van der Waals surface area contributed by atoms with Gasteiger partial charge in [0.2, 0.25) is 5.91 Å². The molecule has 0 aromatic carbocycles. The number of rotatable bonds is 4. The number of nitrogens with zero attached hydrogens (tertiary/aromatic N) is 2. The third-order valence-electron chi connectivity index (χ3n) is 11.5. The lowest BCUT2D eigenvalue weighted by Crippen LogP contribution is -2.60. The maximum atomic E-state index is 12.7. The Morgan fingerprint density at radius 2 is 1.70 bits per heavy atom. The smallest absolute Gasteiger partial charge is 0.246 e. The topological polar surface area (TPSA) is 43.8 Å². The van der Waals surface area contributed by atoms with Crippen molar-refractivity contribution >= 4 is 5.91 Å². The Bertz CT molecular complexity index is 774. The molecule has 0 saturated heterocycles. The summed E-state index contributed by atoms with van der Waals surface area (Å²) in [5, 5.41) is 11.7. The van der Waals surface area contributed by atoms with Gasteiger partial charge in [0.05, 0.1) is 6.10 Å². The number of hydrogen-bond acceptors (Lipinski definition) is 3. The third kappa shape index (κ3) is 4.01. The maximum absolute atomic E-state index is 12.7. The second-order valence-corrected chi connectivity index (χ2v) is 13.3. The third-order valence-corrected chi connectivity index (χ3v) is 11.5. The van der Waals surface area contributed by atoms with Gasteiger partial charge >= 0.3 is 0 Å². The quantitative estimate of drug-likeness (QED) is 0.577. The fraction of sp³-hybridized carbons (Fsp3) is 0.897. The zero-order chi connectivity index (χ0) is 24.3. The Hall–Kier alpha value is -0.870. The summed E-state index contributed by atoms with van der Waals surface area (Å²) in [6.45, 7) is 11.3. The van der Waals surface area contributed by atoms with Crippen molar-refractivity contribution in [3.63, 3.8) is 0 Å². The summed E-state index contributed by atoms with van der Waals surface area (Å²) in [5.74, 6) is 3.49. The van der Waals surface area contributed by atoms with Gasteiger partial charge in [-0.3, -0.25) is 4.79 Å². The highest BCUT2D eigenvalue weighted by Gasteiger charge is 2.64. The minimum atomic E-state index is -0.186. The summed E-state index contributed by atoms with van der Waals surface area (Å²) in [7, 11) is 6.40. The first kappa shape index (κ1) is 25.2. The summed E-state index contributed by atoms with van der Waals surface area (Å²) in [4.78, 5) is 17.0. The van der Waals surface area contributed by atoms with E-state index in [-0.39, 0.29) is 17.4 Å². The number of aliphatic hydroxyl groups excluding tert-OH is 1. The Labute approximate surface area is 203 Å². The predicted molar refractivity (Wildman–Crippen MR) is 136 cm³/mol. The van der Waals surface area contributed by atoms with E-state index in [1.807, 2.05) is 25.8 Å². The average molecular weight is 459 g/mol. The molecule has 4 aliphatic carbocycles. The van der Waals surface area contributed by atoms with E-state index in [4.69, 9.17) is 0 Å². The van der Waals surface area contributed by atoms with Gasteiger partial charge in [-0.15, -0.1) is 0 Å². The zero-order valence-corrected chi connectivity index (χ0v) is 22.6. The molecule has 0 spiro atoms. The second kappa shape index (κ2) is 8.97. The molecule has 4 fully saturated rings. The molecule has 10 atom stereocenters. The fourth-order valence-corrected chi connectivity index (χ4v) is 9.26. The Kier molecular flexibility index (Phi) is 6.86. The van der Waals surface area contributed by atoms with Gasteiger partial charge in [0.15, 0.2) is 0 Å². The summed E-state index contributed by atoms with van der Waals surface area (Å²) in [6, 6.07) is 0.876. The van der Waals surface area contributed by atoms with Crippen LogP contribution in [0.4, 0.5) is 0 Å². The minimum Gasteiger partial charge on any atom is -0.393 e. The predicted octanol–water partition coefficient (Wildman–Crippen LogP) is 5.36. The number of carbonyl (C=O) groups excluding carboxylic acids is 1. The molecule has 4 saturated carbocycles. The van der Waals surface area contributed by atoms with Crippen LogP contribution in [0.15, 0.2) is 11.6 Å². The van der Waals surface area contributed by atoms with Crippen LogP contribution in [0.5, 0.6) is 0 Å². The van der Waals surface area contributed by atoms with E-state index in [0.29, 0.717) is 41.2 Å². The number of hydrogen-bond donors (Lipinski definition) is 1. The van der Waals surface area contributed by atoms with E-state index in [9.17, 15) is 9.90 Å². The van der Waals surface area contributed by atoms with Crippen LogP contribution in [0, 0.1) is 40.4 Å². The van der Waals surface area contributed by atoms with Gasteiger partial charge in [0, 0.05) is 30.6 Å². The molecule has 1 unspecified atom stereocenters. The van der Waals surface area contributed by atoms with Gasteiger partial charge in [0.1, 0.15) is 0 Å². The van der Waals surface area contributed by atoms with Gasteiger partial charge in [-0.1, -0.05) is 19.4 Å². The summed E-state index contributed by atoms with van der Waals surface area (Å²) in [5.41, 5.74) is 1.45. The van der Waals surface area contributed by atoms with Crippen molar-refractivity contribution < 1.29 is 9.90 Å². The number of fused-ring (bicyclic) bond motifs is 5. The van der Waals surface area contributed by atoms with Gasteiger partial charge in [0.25, 0.3) is 0 Å². The Balaban J connectivity index is 1.53. The number of carbonyl (C=O) groups is 1. The highest BCUT2D eigenvalue weighted by atomic mass is 16.3. The molecule has 0 aliphatic heterocycles. The fourth-order valence-electron chi connectivity index (χ4n) is 9.26. The lowest BCUT2D eigenvalue weighted by molar-refractivity contribution is -0.172. The number of amides is 1. The maximum Gasteiger partial charge on any atom is 0.246 e. The van der Waals surface area contributed by atoms with E-state index in [0.717, 1.165) is 30.8 Å². The van der Waals surface area contributed by atoms with Crippen molar-refractivity contribution in [1.82, 2.24) is 9.80 Å². The van der Waals surface area contributed by atoms with Gasteiger partial charge in [-0.25, -0.2) is 0 Å². The highest BCUT2D eigenvalue weighted by Crippen LogP contribution is 2.68. The summed E-state index contributed by atoms with van der Waals surface area (Å²) in [6.07, 6.45) is 11.2. The molecule has 0 radical (unpaired) electrons. The molecule has 4 heteroatoms. The van der Waals surface area contributed by atoms with Crippen LogP contribution < -0.4 is 0 Å². The van der Waals surface area contributed by atoms with Crippen molar-refractivity contribution in [2.75, 3.05) is 21.1 Å². The summed E-state index contributed by atoms with van der Waals surface area (Å²) >= 11 is 0. The largest absolute Gasteiger partial charge is 0.393 e. The normalized spacial score (nSPS) is 45.6. The van der Waals surface area contributed by atoms with Crippen LogP contribution in [0.1, 0.15) is 86.0 Å². The van der Waals surface area contributed by atoms with E-state index in [2.05, 4.69) is 39.8 Å². The van der Waals surface area contributed by atoms with Crippen LogP contribution in [0.3, 0.4) is 0 Å². The van der Waals surface area contributed by atoms with Crippen molar-refractivity contribution in [3.05, 3.63) is 11.6 Å². The van der Waals surface area contributed by atoms with E-state index in [1.165, 1.54) is 32.1 Å². The molecular weight excluding hydrogens is 408 g/mol. The minimum absolute atomic E-state index is 0.0578. The standard InChI is InChI=1S/C29H50N2O2/c1-18(2)15-27(33)31(8)21-13-14-28(4)20(16-21)9-10-22-24-12-11-23(19(3)30(6)7)29(24,5)26(32)17-25(22)28/h15,19-26,32H,9-14,16-17H2,1-8H3/t19-,20?,21+,22-,23+,24-,25-,26+,28-,29+/m0/s1. The number of aliphatic hydroxyl groups is 1. The van der Waals surface area contributed by atoms with Crippen LogP contribution in [0.2, 0.25) is 0 Å². The first-order chi connectivity index (χ1) is 15.4. The first-order valence-electron chi connectivity index (χ1n) is 13.7. The van der Waals surface area contributed by atoms with Crippen molar-refractivity contribution in [1.29, 1.82) is 0 Å². The second-order valence-electron chi connectivity index (χ2n) is 13.3. The average Bonchev–Trinajstić information content (AvgIpc) is 3.11. The molecule has 0 bridgehead atoms. The molecular formula is C29H50N2O2. The molecule has 1 N–H and O–H groups in total. The van der Waals surface area contributed by atoms with Crippen LogP contribution >= 0.6 is 0 Å². The van der Waals surface area contributed by atoms with Crippen molar-refractivity contribution in [3.8, 4) is 0 Å². The van der Waals surface area contributed by atoms with E-state index < -0.39 is 0 Å².